The average molecular weight is 425 g/mol. The van der Waals surface area contributed by atoms with Crippen molar-refractivity contribution in [2.24, 2.45) is 0 Å². The van der Waals surface area contributed by atoms with E-state index in [-0.39, 0.29) is 11.8 Å². The molecule has 3 heterocycles. The van der Waals surface area contributed by atoms with Crippen LogP contribution in [0.15, 0.2) is 30.3 Å². The number of nitriles is 1. The van der Waals surface area contributed by atoms with Crippen molar-refractivity contribution >= 4 is 28.8 Å². The Hall–Kier alpha value is -2.73. The third kappa shape index (κ3) is 4.38. The third-order valence-corrected chi connectivity index (χ3v) is 6.58. The van der Waals surface area contributed by atoms with Crippen LogP contribution in [0.3, 0.4) is 0 Å². The van der Waals surface area contributed by atoms with Crippen molar-refractivity contribution in [1.82, 2.24) is 10.6 Å². The molecule has 2 aliphatic heterocycles. The van der Waals surface area contributed by atoms with Gasteiger partial charge in [0.2, 0.25) is 5.91 Å². The Morgan fingerprint density at radius 1 is 1.43 bits per heavy atom. The molecule has 0 radical (unpaired) electrons. The number of nitrogens with zero attached hydrogens (tertiary/aromatic N) is 2. The largest absolute Gasteiger partial charge is 0.367 e. The molecule has 1 aromatic heterocycles. The number of rotatable bonds is 5. The standard InChI is InChI=1S/C22H24N4O3S/c1-26-18-9-15(4-3-14(18)10-21(26)27)20-6-5-17(30-20)11-16(12-23)25-22(28)19-13-24-7-2-8-29-19/h3-6,9,16,19,24H,2,7-8,10-11,13H2,1H3,(H,25,28). The quantitative estimate of drug-likeness (QED) is 0.764. The zero-order valence-corrected chi connectivity index (χ0v) is 17.6. The van der Waals surface area contributed by atoms with Crippen molar-refractivity contribution in [2.75, 3.05) is 31.6 Å². The maximum atomic E-state index is 12.4. The van der Waals surface area contributed by atoms with Gasteiger partial charge in [0.05, 0.1) is 12.5 Å². The molecule has 7 nitrogen and oxygen atoms in total. The van der Waals surface area contributed by atoms with Crippen LogP contribution < -0.4 is 15.5 Å². The van der Waals surface area contributed by atoms with E-state index in [1.54, 1.807) is 23.3 Å². The van der Waals surface area contributed by atoms with E-state index >= 15 is 0 Å². The molecule has 0 aliphatic carbocycles. The van der Waals surface area contributed by atoms with Gasteiger partial charge in [-0.25, -0.2) is 0 Å². The van der Waals surface area contributed by atoms with E-state index in [9.17, 15) is 14.9 Å². The van der Waals surface area contributed by atoms with Gasteiger partial charge in [0.1, 0.15) is 12.1 Å². The Balaban J connectivity index is 1.42. The summed E-state index contributed by atoms with van der Waals surface area (Å²) in [6.07, 6.45) is 1.20. The summed E-state index contributed by atoms with van der Waals surface area (Å²) in [6, 6.07) is 11.7. The van der Waals surface area contributed by atoms with E-state index in [0.29, 0.717) is 26.0 Å². The van der Waals surface area contributed by atoms with Crippen LogP contribution >= 0.6 is 11.3 Å². The van der Waals surface area contributed by atoms with E-state index in [1.165, 1.54) is 0 Å². The van der Waals surface area contributed by atoms with Crippen LogP contribution in [0, 0.1) is 11.3 Å². The molecule has 1 aromatic carbocycles. The van der Waals surface area contributed by atoms with Gasteiger partial charge in [-0.1, -0.05) is 12.1 Å². The van der Waals surface area contributed by atoms with Crippen LogP contribution in [-0.2, 0) is 27.2 Å². The number of fused-ring (bicyclic) bond motifs is 1. The maximum Gasteiger partial charge on any atom is 0.251 e. The molecule has 1 fully saturated rings. The van der Waals surface area contributed by atoms with Crippen LogP contribution in [-0.4, -0.2) is 50.7 Å². The Morgan fingerprint density at radius 2 is 2.30 bits per heavy atom. The molecule has 2 amide bonds. The first-order valence-electron chi connectivity index (χ1n) is 10.1. The number of hydrogen-bond donors (Lipinski definition) is 2. The van der Waals surface area contributed by atoms with E-state index in [0.717, 1.165) is 39.5 Å². The smallest absolute Gasteiger partial charge is 0.251 e. The minimum Gasteiger partial charge on any atom is -0.367 e. The summed E-state index contributed by atoms with van der Waals surface area (Å²) in [5, 5.41) is 15.5. The molecule has 2 aromatic rings. The molecule has 0 spiro atoms. The molecule has 156 valence electrons. The van der Waals surface area contributed by atoms with E-state index in [1.807, 2.05) is 30.3 Å². The monoisotopic (exact) mass is 424 g/mol. The second-order valence-electron chi connectivity index (χ2n) is 7.55. The SMILES string of the molecule is CN1C(=O)Cc2ccc(-c3ccc(CC(C#N)NC(=O)C4CNCCCO4)s3)cc21. The van der Waals surface area contributed by atoms with Crippen LogP contribution in [0.1, 0.15) is 16.9 Å². The Kier molecular flexibility index (Phi) is 6.13. The summed E-state index contributed by atoms with van der Waals surface area (Å²) in [7, 11) is 1.80. The molecule has 2 unspecified atom stereocenters. The number of thiophene rings is 1. The number of benzene rings is 1. The topological polar surface area (TPSA) is 94.5 Å². The summed E-state index contributed by atoms with van der Waals surface area (Å²) in [4.78, 5) is 28.1. The van der Waals surface area contributed by atoms with Crippen molar-refractivity contribution in [2.45, 2.75) is 31.4 Å². The van der Waals surface area contributed by atoms with Crippen LogP contribution in [0.4, 0.5) is 5.69 Å². The van der Waals surface area contributed by atoms with E-state index in [4.69, 9.17) is 4.74 Å². The number of anilines is 1. The second kappa shape index (κ2) is 8.96. The highest BCUT2D eigenvalue weighted by Gasteiger charge is 2.25. The van der Waals surface area contributed by atoms with Gasteiger partial charge in [-0.05, 0) is 42.3 Å². The number of carbonyl (C=O) groups is 2. The zero-order valence-electron chi connectivity index (χ0n) is 16.8. The summed E-state index contributed by atoms with van der Waals surface area (Å²) in [5.41, 5.74) is 3.04. The summed E-state index contributed by atoms with van der Waals surface area (Å²) in [6.45, 7) is 1.83. The van der Waals surface area contributed by atoms with E-state index < -0.39 is 12.1 Å². The van der Waals surface area contributed by atoms with Gasteiger partial charge in [0, 0.05) is 42.1 Å². The highest BCUT2D eigenvalue weighted by molar-refractivity contribution is 7.15. The van der Waals surface area contributed by atoms with Crippen molar-refractivity contribution in [1.29, 1.82) is 5.26 Å². The first kappa shape index (κ1) is 20.5. The van der Waals surface area contributed by atoms with Gasteiger partial charge >= 0.3 is 0 Å². The molecule has 8 heteroatoms. The van der Waals surface area contributed by atoms with Crippen LogP contribution in [0.5, 0.6) is 0 Å². The number of nitrogens with one attached hydrogen (secondary N) is 2. The van der Waals surface area contributed by atoms with Crippen molar-refractivity contribution in [3.63, 3.8) is 0 Å². The number of hydrogen-bond acceptors (Lipinski definition) is 6. The van der Waals surface area contributed by atoms with Gasteiger partial charge in [-0.3, -0.25) is 9.59 Å². The zero-order chi connectivity index (χ0) is 21.1. The highest BCUT2D eigenvalue weighted by atomic mass is 32.1. The first-order valence-corrected chi connectivity index (χ1v) is 10.9. The molecule has 2 atom stereocenters. The van der Waals surface area contributed by atoms with E-state index in [2.05, 4.69) is 16.7 Å². The lowest BCUT2D eigenvalue weighted by atomic mass is 10.1. The molecule has 1 saturated heterocycles. The minimum absolute atomic E-state index is 0.106. The van der Waals surface area contributed by atoms with Gasteiger partial charge in [0.25, 0.3) is 5.91 Å². The summed E-state index contributed by atoms with van der Waals surface area (Å²) in [5.74, 6) is -0.145. The molecular weight excluding hydrogens is 400 g/mol. The Bertz CT molecular complexity index is 989. The van der Waals surface area contributed by atoms with Crippen molar-refractivity contribution in [3.05, 3.63) is 40.8 Å². The fourth-order valence-electron chi connectivity index (χ4n) is 3.72. The Morgan fingerprint density at radius 3 is 3.13 bits per heavy atom. The molecule has 0 saturated carbocycles. The average Bonchev–Trinajstić information content (AvgIpc) is 3.19. The number of ether oxygens (including phenoxy) is 1. The lowest BCUT2D eigenvalue weighted by Crippen LogP contribution is -2.46. The van der Waals surface area contributed by atoms with Gasteiger partial charge in [-0.2, -0.15) is 5.26 Å². The molecule has 30 heavy (non-hydrogen) atoms. The van der Waals surface area contributed by atoms with Gasteiger partial charge in [-0.15, -0.1) is 11.3 Å². The molecule has 2 aliphatic rings. The van der Waals surface area contributed by atoms with Crippen LogP contribution in [0.25, 0.3) is 10.4 Å². The second-order valence-corrected chi connectivity index (χ2v) is 8.72. The summed E-state index contributed by atoms with van der Waals surface area (Å²) >= 11 is 1.59. The molecular formula is C22H24N4O3S. The number of likely N-dealkylation sites (N-methyl/N-ethyl adjacent to an activating group) is 1. The maximum absolute atomic E-state index is 12.4. The highest BCUT2D eigenvalue weighted by Crippen LogP contribution is 2.35. The molecule has 0 bridgehead atoms. The fraction of sp³-hybridized carbons (Fsp3) is 0.409. The van der Waals surface area contributed by atoms with Crippen molar-refractivity contribution in [3.8, 4) is 16.5 Å². The van der Waals surface area contributed by atoms with Gasteiger partial charge in [0.15, 0.2) is 0 Å². The number of carbonyl (C=O) groups excluding carboxylic acids is 2. The first-order chi connectivity index (χ1) is 14.5. The normalized spacial score (nSPS) is 19.7. The number of amides is 2. The fourth-order valence-corrected chi connectivity index (χ4v) is 4.76. The Labute approximate surface area is 179 Å². The predicted molar refractivity (Wildman–Crippen MR) is 115 cm³/mol. The van der Waals surface area contributed by atoms with Gasteiger partial charge < -0.3 is 20.3 Å². The van der Waals surface area contributed by atoms with Crippen molar-refractivity contribution < 1.29 is 14.3 Å². The molecule has 2 N–H and O–H groups in total. The van der Waals surface area contributed by atoms with Crippen LogP contribution in [0.2, 0.25) is 0 Å². The third-order valence-electron chi connectivity index (χ3n) is 5.43. The summed E-state index contributed by atoms with van der Waals surface area (Å²) < 4.78 is 5.57. The lowest BCUT2D eigenvalue weighted by molar-refractivity contribution is -0.132. The lowest BCUT2D eigenvalue weighted by Gasteiger charge is -2.17. The predicted octanol–water partition coefficient (Wildman–Crippen LogP) is 1.86. The minimum atomic E-state index is -0.611. The molecule has 4 rings (SSSR count).